The van der Waals surface area contributed by atoms with Gasteiger partial charge in [-0.05, 0) is 37.3 Å². The van der Waals surface area contributed by atoms with E-state index in [9.17, 15) is 14.4 Å². The molecule has 1 atom stereocenters. The number of urea groups is 1. The number of ether oxygens (including phenoxy) is 2. The van der Waals surface area contributed by atoms with E-state index in [1.54, 1.807) is 37.3 Å². The summed E-state index contributed by atoms with van der Waals surface area (Å²) in [5.41, 5.74) is -0.988. The second-order valence-electron chi connectivity index (χ2n) is 6.56. The maximum atomic E-state index is 12.8. The molecule has 0 aliphatic carbocycles. The number of rotatable bonds is 4. The first kappa shape index (κ1) is 17.1. The van der Waals surface area contributed by atoms with Gasteiger partial charge in [0.15, 0.2) is 22.8 Å². The van der Waals surface area contributed by atoms with Crippen molar-refractivity contribution in [2.24, 2.45) is 0 Å². The predicted octanol–water partition coefficient (Wildman–Crippen LogP) is 2.09. The van der Waals surface area contributed by atoms with Crippen LogP contribution in [0.2, 0.25) is 0 Å². The maximum absolute atomic E-state index is 12.8. The molecular weight excluding hydrogens is 352 g/mol. The van der Waals surface area contributed by atoms with Crippen LogP contribution in [0.3, 0.4) is 0 Å². The van der Waals surface area contributed by atoms with Crippen molar-refractivity contribution in [1.29, 1.82) is 0 Å². The Balaban J connectivity index is 1.54. The van der Waals surface area contributed by atoms with Gasteiger partial charge in [0, 0.05) is 12.0 Å². The first-order chi connectivity index (χ1) is 13.0. The number of Topliss-reactive ketones (excluding diaryl/α,β-unsaturated/α-hetero) is 1. The van der Waals surface area contributed by atoms with Gasteiger partial charge >= 0.3 is 6.03 Å². The molecule has 3 amide bonds. The molecule has 3 heterocycles. The predicted molar refractivity (Wildman–Crippen MR) is 92.7 cm³/mol. The molecule has 0 bridgehead atoms. The summed E-state index contributed by atoms with van der Waals surface area (Å²) in [4.78, 5) is 38.6. The minimum atomic E-state index is -1.33. The van der Waals surface area contributed by atoms with Crippen molar-refractivity contribution in [3.63, 3.8) is 0 Å². The third-order valence-electron chi connectivity index (χ3n) is 4.66. The van der Waals surface area contributed by atoms with Crippen LogP contribution in [0.5, 0.6) is 11.5 Å². The second-order valence-corrected chi connectivity index (χ2v) is 6.56. The summed E-state index contributed by atoms with van der Waals surface area (Å²) in [6.45, 7) is 2.22. The lowest BCUT2D eigenvalue weighted by atomic mass is 9.99. The second kappa shape index (κ2) is 6.46. The van der Waals surface area contributed by atoms with Crippen molar-refractivity contribution in [3.8, 4) is 11.5 Å². The van der Waals surface area contributed by atoms with Crippen LogP contribution in [0.25, 0.3) is 0 Å². The summed E-state index contributed by atoms with van der Waals surface area (Å²) in [6.07, 6.45) is 2.18. The Bertz CT molecular complexity index is 907. The Morgan fingerprint density at radius 1 is 1.19 bits per heavy atom. The van der Waals surface area contributed by atoms with E-state index >= 15 is 0 Å². The zero-order valence-electron chi connectivity index (χ0n) is 14.7. The highest BCUT2D eigenvalue weighted by molar-refractivity contribution is 6.11. The molecule has 2 aliphatic rings. The summed E-state index contributed by atoms with van der Waals surface area (Å²) >= 11 is 0. The van der Waals surface area contributed by atoms with Gasteiger partial charge < -0.3 is 19.2 Å². The number of carbonyl (C=O) groups is 3. The van der Waals surface area contributed by atoms with Crippen molar-refractivity contribution >= 4 is 17.7 Å². The third kappa shape index (κ3) is 2.92. The Labute approximate surface area is 155 Å². The van der Waals surface area contributed by atoms with Crippen LogP contribution in [0, 0.1) is 0 Å². The Morgan fingerprint density at radius 2 is 1.96 bits per heavy atom. The number of fused-ring (bicyclic) bond motifs is 1. The molecule has 2 aliphatic heterocycles. The zero-order chi connectivity index (χ0) is 19.0. The number of furan rings is 1. The van der Waals surface area contributed by atoms with Gasteiger partial charge in [-0.25, -0.2) is 4.79 Å². The molecule has 1 aromatic carbocycles. The van der Waals surface area contributed by atoms with Crippen LogP contribution < -0.4 is 14.8 Å². The van der Waals surface area contributed by atoms with E-state index in [0.29, 0.717) is 36.0 Å². The highest BCUT2D eigenvalue weighted by atomic mass is 16.5. The van der Waals surface area contributed by atoms with Crippen LogP contribution in [0.4, 0.5) is 4.79 Å². The van der Waals surface area contributed by atoms with Crippen LogP contribution in [-0.2, 0) is 10.3 Å². The van der Waals surface area contributed by atoms with Gasteiger partial charge in [0.25, 0.3) is 5.91 Å². The summed E-state index contributed by atoms with van der Waals surface area (Å²) in [5, 5.41) is 2.59. The summed E-state index contributed by atoms with van der Waals surface area (Å²) in [6, 6.07) is 7.43. The van der Waals surface area contributed by atoms with Crippen molar-refractivity contribution in [3.05, 3.63) is 47.9 Å². The molecule has 1 fully saturated rings. The average Bonchev–Trinajstić information content (AvgIpc) is 3.19. The smallest absolute Gasteiger partial charge is 0.325 e. The number of benzene rings is 1. The molecule has 4 rings (SSSR count). The lowest BCUT2D eigenvalue weighted by Crippen LogP contribution is -2.41. The average molecular weight is 370 g/mol. The van der Waals surface area contributed by atoms with Crippen molar-refractivity contribution < 1.29 is 28.3 Å². The van der Waals surface area contributed by atoms with E-state index in [0.717, 1.165) is 11.3 Å². The first-order valence-electron chi connectivity index (χ1n) is 8.60. The van der Waals surface area contributed by atoms with Crippen molar-refractivity contribution in [2.75, 3.05) is 19.8 Å². The summed E-state index contributed by atoms with van der Waals surface area (Å²) in [5.74, 6) is 0.453. The molecule has 1 saturated heterocycles. The molecule has 1 N–H and O–H groups in total. The topological polar surface area (TPSA) is 98.1 Å². The fraction of sp³-hybridized carbons (Fsp3) is 0.316. The molecule has 8 heteroatoms. The van der Waals surface area contributed by atoms with Gasteiger partial charge in [0.2, 0.25) is 0 Å². The van der Waals surface area contributed by atoms with Gasteiger partial charge in [0.1, 0.15) is 5.76 Å². The van der Waals surface area contributed by atoms with E-state index in [2.05, 4.69) is 5.32 Å². The molecule has 0 radical (unpaired) electrons. The standard InChI is InChI=1S/C19H18N2O6/c1-19(16-4-2-7-27-16)17(23)21(18(24)20-19)11-13(22)12-5-6-14-15(10-12)26-9-3-8-25-14/h2,4-7,10H,3,8-9,11H2,1H3,(H,20,24). The molecule has 1 aromatic heterocycles. The fourth-order valence-corrected chi connectivity index (χ4v) is 3.14. The minimum Gasteiger partial charge on any atom is -0.490 e. The third-order valence-corrected chi connectivity index (χ3v) is 4.66. The number of amides is 3. The van der Waals surface area contributed by atoms with E-state index in [-0.39, 0.29) is 12.3 Å². The Morgan fingerprint density at radius 3 is 2.70 bits per heavy atom. The maximum Gasteiger partial charge on any atom is 0.325 e. The van der Waals surface area contributed by atoms with Gasteiger partial charge in [-0.3, -0.25) is 14.5 Å². The quantitative estimate of drug-likeness (QED) is 0.654. The van der Waals surface area contributed by atoms with Gasteiger partial charge in [-0.15, -0.1) is 0 Å². The number of nitrogens with zero attached hydrogens (tertiary/aromatic N) is 1. The Kier molecular flexibility index (Phi) is 4.10. The molecule has 0 saturated carbocycles. The van der Waals surface area contributed by atoms with E-state index in [1.807, 2.05) is 0 Å². The monoisotopic (exact) mass is 370 g/mol. The van der Waals surface area contributed by atoms with E-state index < -0.39 is 17.5 Å². The highest BCUT2D eigenvalue weighted by Gasteiger charge is 2.51. The van der Waals surface area contributed by atoms with Crippen molar-refractivity contribution in [1.82, 2.24) is 10.2 Å². The highest BCUT2D eigenvalue weighted by Crippen LogP contribution is 2.32. The molecule has 1 unspecified atom stereocenters. The number of nitrogens with one attached hydrogen (secondary N) is 1. The number of hydrogen-bond acceptors (Lipinski definition) is 6. The molecular formula is C19H18N2O6. The number of ketones is 1. The SMILES string of the molecule is CC1(c2ccco2)NC(=O)N(CC(=O)c2ccc3c(c2)OCCCO3)C1=O. The zero-order valence-corrected chi connectivity index (χ0v) is 14.7. The number of imide groups is 1. The van der Waals surface area contributed by atoms with Crippen molar-refractivity contribution in [2.45, 2.75) is 18.9 Å². The van der Waals surface area contributed by atoms with Gasteiger partial charge in [-0.1, -0.05) is 0 Å². The summed E-state index contributed by atoms with van der Waals surface area (Å²) < 4.78 is 16.4. The van der Waals surface area contributed by atoms with Crippen LogP contribution in [-0.4, -0.2) is 42.4 Å². The van der Waals surface area contributed by atoms with Gasteiger partial charge in [0.05, 0.1) is 26.0 Å². The number of hydrogen-bond donors (Lipinski definition) is 1. The molecule has 8 nitrogen and oxygen atoms in total. The summed E-state index contributed by atoms with van der Waals surface area (Å²) in [7, 11) is 0. The first-order valence-corrected chi connectivity index (χ1v) is 8.60. The Hall–Kier alpha value is -3.29. The largest absolute Gasteiger partial charge is 0.490 e. The lowest BCUT2D eigenvalue weighted by Gasteiger charge is -2.18. The molecule has 27 heavy (non-hydrogen) atoms. The number of carbonyl (C=O) groups excluding carboxylic acids is 3. The molecule has 140 valence electrons. The molecule has 2 aromatic rings. The van der Waals surface area contributed by atoms with Crippen LogP contribution >= 0.6 is 0 Å². The lowest BCUT2D eigenvalue weighted by molar-refractivity contribution is -0.131. The van der Waals surface area contributed by atoms with Crippen LogP contribution in [0.15, 0.2) is 41.0 Å². The van der Waals surface area contributed by atoms with Gasteiger partial charge in [-0.2, -0.15) is 0 Å². The van der Waals surface area contributed by atoms with E-state index in [4.69, 9.17) is 13.9 Å². The molecule has 0 spiro atoms. The van der Waals surface area contributed by atoms with Crippen LogP contribution in [0.1, 0.15) is 29.5 Å². The fourth-order valence-electron chi connectivity index (χ4n) is 3.14. The van der Waals surface area contributed by atoms with E-state index in [1.165, 1.54) is 6.26 Å². The minimum absolute atomic E-state index is 0.311. The normalized spacial score (nSPS) is 21.7.